The Hall–Kier alpha value is -0.860. The van der Waals surface area contributed by atoms with Crippen LogP contribution in [0.5, 0.6) is 0 Å². The molecule has 0 amide bonds. The van der Waals surface area contributed by atoms with Crippen LogP contribution in [0.1, 0.15) is 44.3 Å². The van der Waals surface area contributed by atoms with Crippen molar-refractivity contribution in [1.82, 2.24) is 4.90 Å². The molecule has 2 aliphatic rings. The fraction of sp³-hybridized carbons (Fsp3) is 0.684. The van der Waals surface area contributed by atoms with Gasteiger partial charge in [0.25, 0.3) is 0 Å². The van der Waals surface area contributed by atoms with E-state index in [1.54, 1.807) is 0 Å². The first-order valence-corrected chi connectivity index (χ1v) is 8.55. The monoisotopic (exact) mass is 287 g/mol. The van der Waals surface area contributed by atoms with E-state index in [1.807, 2.05) is 30.3 Å². The molecule has 2 heteroatoms. The highest BCUT2D eigenvalue weighted by Gasteiger charge is 2.39. The van der Waals surface area contributed by atoms with Crippen LogP contribution >= 0.6 is 0 Å². The minimum Gasteiger partial charge on any atom is -0.388 e. The maximum atomic E-state index is 10.5. The van der Waals surface area contributed by atoms with Gasteiger partial charge >= 0.3 is 0 Å². The van der Waals surface area contributed by atoms with E-state index in [0.29, 0.717) is 0 Å². The largest absolute Gasteiger partial charge is 0.388 e. The fourth-order valence-corrected chi connectivity index (χ4v) is 4.65. The summed E-state index contributed by atoms with van der Waals surface area (Å²) in [4.78, 5) is 2.45. The summed E-state index contributed by atoms with van der Waals surface area (Å²) in [6.07, 6.45) is 5.53. The van der Waals surface area contributed by atoms with Crippen LogP contribution in [0.3, 0.4) is 0 Å². The summed E-state index contributed by atoms with van der Waals surface area (Å²) in [5.41, 5.74) is 1.04. The van der Waals surface area contributed by atoms with Crippen LogP contribution in [0.15, 0.2) is 30.3 Å². The minimum atomic E-state index is -0.353. The zero-order valence-corrected chi connectivity index (χ0v) is 13.4. The number of benzene rings is 1. The van der Waals surface area contributed by atoms with Gasteiger partial charge in [0.05, 0.1) is 6.10 Å². The Balaban J connectivity index is 1.49. The van der Waals surface area contributed by atoms with Gasteiger partial charge in [-0.05, 0) is 55.5 Å². The molecule has 2 bridgehead atoms. The summed E-state index contributed by atoms with van der Waals surface area (Å²) < 4.78 is 0. The lowest BCUT2D eigenvalue weighted by molar-refractivity contribution is 0.0874. The lowest BCUT2D eigenvalue weighted by Gasteiger charge is -2.30. The van der Waals surface area contributed by atoms with Gasteiger partial charge in [0.2, 0.25) is 0 Å². The van der Waals surface area contributed by atoms with E-state index in [-0.39, 0.29) is 12.0 Å². The maximum absolute atomic E-state index is 10.5. The molecule has 5 unspecified atom stereocenters. The van der Waals surface area contributed by atoms with E-state index in [4.69, 9.17) is 0 Å². The topological polar surface area (TPSA) is 23.5 Å². The predicted molar refractivity (Wildman–Crippen MR) is 87.0 cm³/mol. The van der Waals surface area contributed by atoms with Crippen LogP contribution in [0.4, 0.5) is 0 Å². The molecule has 1 N–H and O–H groups in total. The Bertz CT molecular complexity index is 446. The molecule has 1 aromatic rings. The molecule has 0 saturated heterocycles. The van der Waals surface area contributed by atoms with Crippen molar-refractivity contribution in [2.75, 3.05) is 20.1 Å². The molecule has 116 valence electrons. The van der Waals surface area contributed by atoms with Gasteiger partial charge < -0.3 is 10.0 Å². The van der Waals surface area contributed by atoms with Crippen LogP contribution in [0, 0.1) is 23.7 Å². The number of nitrogens with zero attached hydrogens (tertiary/aromatic N) is 1. The highest BCUT2D eigenvalue weighted by Crippen LogP contribution is 2.48. The average molecular weight is 287 g/mol. The van der Waals surface area contributed by atoms with Gasteiger partial charge in [0, 0.05) is 13.1 Å². The molecule has 2 saturated carbocycles. The molecule has 0 aliphatic heterocycles. The van der Waals surface area contributed by atoms with Crippen LogP contribution in [-0.4, -0.2) is 30.1 Å². The van der Waals surface area contributed by atoms with Gasteiger partial charge in [0.1, 0.15) is 0 Å². The van der Waals surface area contributed by atoms with Crippen molar-refractivity contribution in [3.8, 4) is 0 Å². The molecule has 3 rings (SSSR count). The zero-order chi connectivity index (χ0) is 14.8. The highest BCUT2D eigenvalue weighted by molar-refractivity contribution is 5.17. The van der Waals surface area contributed by atoms with E-state index in [2.05, 4.69) is 18.9 Å². The van der Waals surface area contributed by atoms with Crippen LogP contribution < -0.4 is 0 Å². The van der Waals surface area contributed by atoms with Gasteiger partial charge in [-0.15, -0.1) is 0 Å². The summed E-state index contributed by atoms with van der Waals surface area (Å²) in [5, 5.41) is 10.5. The Kier molecular flexibility index (Phi) is 4.66. The lowest BCUT2D eigenvalue weighted by atomic mass is 9.88. The first-order chi connectivity index (χ1) is 10.1. The molecule has 2 aliphatic carbocycles. The Morgan fingerprint density at radius 1 is 1.19 bits per heavy atom. The van der Waals surface area contributed by atoms with Gasteiger partial charge in [0.15, 0.2) is 0 Å². The number of fused-ring (bicyclic) bond motifs is 2. The Labute approximate surface area is 129 Å². The van der Waals surface area contributed by atoms with E-state index in [1.165, 1.54) is 32.2 Å². The first-order valence-electron chi connectivity index (χ1n) is 8.55. The van der Waals surface area contributed by atoms with E-state index < -0.39 is 0 Å². The number of rotatable bonds is 6. The Morgan fingerprint density at radius 3 is 2.57 bits per heavy atom. The third-order valence-electron chi connectivity index (χ3n) is 5.71. The van der Waals surface area contributed by atoms with Crippen molar-refractivity contribution in [2.24, 2.45) is 23.7 Å². The van der Waals surface area contributed by atoms with Crippen molar-refractivity contribution in [3.05, 3.63) is 35.9 Å². The van der Waals surface area contributed by atoms with Gasteiger partial charge in [-0.1, -0.05) is 43.7 Å². The second-order valence-electron chi connectivity index (χ2n) is 7.49. The van der Waals surface area contributed by atoms with Crippen LogP contribution in [-0.2, 0) is 0 Å². The molecule has 21 heavy (non-hydrogen) atoms. The third kappa shape index (κ3) is 3.49. The van der Waals surface area contributed by atoms with Crippen molar-refractivity contribution >= 4 is 0 Å². The molecule has 2 nitrogen and oxygen atoms in total. The quantitative estimate of drug-likeness (QED) is 0.862. The summed E-state index contributed by atoms with van der Waals surface area (Å²) >= 11 is 0. The number of hydrogen-bond acceptors (Lipinski definition) is 2. The SMILES string of the molecule is CC(CN(C)CC1CC2CCC1C2)C(O)c1ccccc1. The van der Waals surface area contributed by atoms with E-state index >= 15 is 0 Å². The normalized spacial score (nSPS) is 30.8. The Morgan fingerprint density at radius 2 is 1.95 bits per heavy atom. The summed E-state index contributed by atoms with van der Waals surface area (Å²) in [6.45, 7) is 4.35. The van der Waals surface area contributed by atoms with Crippen LogP contribution in [0.25, 0.3) is 0 Å². The summed E-state index contributed by atoms with van der Waals surface area (Å²) in [7, 11) is 2.22. The predicted octanol–water partition coefficient (Wildman–Crippen LogP) is 3.72. The van der Waals surface area contributed by atoms with Crippen molar-refractivity contribution in [1.29, 1.82) is 0 Å². The first kappa shape index (κ1) is 15.1. The lowest BCUT2D eigenvalue weighted by Crippen LogP contribution is -2.33. The third-order valence-corrected chi connectivity index (χ3v) is 5.71. The van der Waals surface area contributed by atoms with E-state index in [9.17, 15) is 5.11 Å². The maximum Gasteiger partial charge on any atom is 0.0827 e. The summed E-state index contributed by atoms with van der Waals surface area (Å²) in [5.74, 6) is 3.21. The zero-order valence-electron chi connectivity index (χ0n) is 13.4. The molecule has 0 spiro atoms. The second kappa shape index (κ2) is 6.50. The van der Waals surface area contributed by atoms with Crippen molar-refractivity contribution < 1.29 is 5.11 Å². The van der Waals surface area contributed by atoms with Crippen molar-refractivity contribution in [3.63, 3.8) is 0 Å². The molecular weight excluding hydrogens is 258 g/mol. The fourth-order valence-electron chi connectivity index (χ4n) is 4.65. The number of aliphatic hydroxyl groups is 1. The minimum absolute atomic E-state index is 0.274. The highest BCUT2D eigenvalue weighted by atomic mass is 16.3. The van der Waals surface area contributed by atoms with Crippen molar-refractivity contribution in [2.45, 2.75) is 38.7 Å². The molecular formula is C19H29NO. The molecule has 0 radical (unpaired) electrons. The number of aliphatic hydroxyl groups excluding tert-OH is 1. The molecule has 0 aromatic heterocycles. The molecule has 1 aromatic carbocycles. The second-order valence-corrected chi connectivity index (χ2v) is 7.49. The smallest absolute Gasteiger partial charge is 0.0827 e. The van der Waals surface area contributed by atoms with E-state index in [0.717, 1.165) is 29.9 Å². The average Bonchev–Trinajstić information content (AvgIpc) is 3.09. The molecule has 0 heterocycles. The molecule has 2 fully saturated rings. The standard InChI is InChI=1S/C19H29NO/c1-14(19(21)16-6-4-3-5-7-16)12-20(2)13-18-11-15-8-9-17(18)10-15/h3-7,14-15,17-19,21H,8-13H2,1-2H3. The van der Waals surface area contributed by atoms with Gasteiger partial charge in [-0.2, -0.15) is 0 Å². The van der Waals surface area contributed by atoms with Crippen LogP contribution in [0.2, 0.25) is 0 Å². The van der Waals surface area contributed by atoms with Gasteiger partial charge in [-0.25, -0.2) is 0 Å². The molecule has 5 atom stereocenters. The van der Waals surface area contributed by atoms with Gasteiger partial charge in [-0.3, -0.25) is 0 Å². The summed E-state index contributed by atoms with van der Waals surface area (Å²) in [6, 6.07) is 10.1. The number of hydrogen-bond donors (Lipinski definition) is 1.